The quantitative estimate of drug-likeness (QED) is 0.0497. The van der Waals surface area contributed by atoms with Crippen LogP contribution < -0.4 is 5.32 Å². The fourth-order valence-corrected chi connectivity index (χ4v) is 5.34. The van der Waals surface area contributed by atoms with E-state index in [2.05, 4.69) is 31.3 Å². The summed E-state index contributed by atoms with van der Waals surface area (Å²) in [7, 11) is 0. The maximum absolute atomic E-state index is 12.3. The van der Waals surface area contributed by atoms with Gasteiger partial charge < -0.3 is 20.6 Å². The lowest BCUT2D eigenvalue weighted by molar-refractivity contribution is -0.124. The molecule has 0 aromatic rings. The van der Waals surface area contributed by atoms with Gasteiger partial charge in [-0.25, -0.2) is 0 Å². The first kappa shape index (κ1) is 39.1. The second-order valence-electron chi connectivity index (χ2n) is 12.1. The third kappa shape index (κ3) is 26.0. The minimum absolute atomic E-state index is 0.155. The van der Waals surface area contributed by atoms with Crippen molar-refractivity contribution in [1.29, 1.82) is 0 Å². The normalized spacial score (nSPS) is 14.0. The van der Waals surface area contributed by atoms with Crippen LogP contribution in [0.2, 0.25) is 0 Å². The van der Waals surface area contributed by atoms with Gasteiger partial charge >= 0.3 is 0 Å². The van der Waals surface area contributed by atoms with Crippen LogP contribution >= 0.6 is 0 Å². The largest absolute Gasteiger partial charge is 0.394 e. The Kier molecular flexibility index (Phi) is 30.3. The summed E-state index contributed by atoms with van der Waals surface area (Å²) in [5.41, 5.74) is 0. The van der Waals surface area contributed by atoms with E-state index in [1.165, 1.54) is 116 Å². The van der Waals surface area contributed by atoms with Gasteiger partial charge in [0.15, 0.2) is 0 Å². The predicted octanol–water partition coefficient (Wildman–Crippen LogP) is 8.92. The summed E-state index contributed by atoms with van der Waals surface area (Å²) in [6, 6.07) is -0.818. The van der Waals surface area contributed by atoms with E-state index in [1.807, 2.05) is 0 Å². The lowest BCUT2D eigenvalue weighted by Crippen LogP contribution is -2.50. The smallest absolute Gasteiger partial charge is 0.220 e. The molecular formula is C35H69NO4. The van der Waals surface area contributed by atoms with Crippen LogP contribution in [0.3, 0.4) is 0 Å². The fraction of sp³-hybridized carbons (Fsp3) is 0.914. The first-order valence-electron chi connectivity index (χ1n) is 17.5. The van der Waals surface area contributed by atoms with E-state index < -0.39 is 18.2 Å². The van der Waals surface area contributed by atoms with Crippen LogP contribution in [0.5, 0.6) is 0 Å². The predicted molar refractivity (Wildman–Crippen MR) is 172 cm³/mol. The Hall–Kier alpha value is -0.910. The Morgan fingerprint density at radius 3 is 1.45 bits per heavy atom. The average molecular weight is 568 g/mol. The molecule has 40 heavy (non-hydrogen) atoms. The van der Waals surface area contributed by atoms with Gasteiger partial charge in [-0.3, -0.25) is 4.79 Å². The zero-order valence-corrected chi connectivity index (χ0v) is 26.7. The van der Waals surface area contributed by atoms with Gasteiger partial charge in [0.1, 0.15) is 6.10 Å². The van der Waals surface area contributed by atoms with Crippen LogP contribution in [0, 0.1) is 0 Å². The van der Waals surface area contributed by atoms with Gasteiger partial charge in [-0.2, -0.15) is 0 Å². The summed E-state index contributed by atoms with van der Waals surface area (Å²) in [5, 5.41) is 33.2. The van der Waals surface area contributed by atoms with Gasteiger partial charge in [-0.05, 0) is 38.5 Å². The highest BCUT2D eigenvalue weighted by Crippen LogP contribution is 2.14. The lowest BCUT2D eigenvalue weighted by atomic mass is 10.0. The molecule has 238 valence electrons. The first-order chi connectivity index (χ1) is 19.6. The lowest BCUT2D eigenvalue weighted by Gasteiger charge is -2.26. The molecule has 0 fully saturated rings. The summed E-state index contributed by atoms with van der Waals surface area (Å²) < 4.78 is 0. The molecule has 0 spiro atoms. The van der Waals surface area contributed by atoms with Crippen LogP contribution in [0.4, 0.5) is 0 Å². The average Bonchev–Trinajstić information content (AvgIpc) is 2.96. The highest BCUT2D eigenvalue weighted by molar-refractivity contribution is 5.76. The number of hydrogen-bond donors (Lipinski definition) is 4. The van der Waals surface area contributed by atoms with E-state index in [0.29, 0.717) is 12.8 Å². The van der Waals surface area contributed by atoms with Gasteiger partial charge in [0, 0.05) is 6.42 Å². The Morgan fingerprint density at radius 2 is 1.00 bits per heavy atom. The number of nitrogens with one attached hydrogen (secondary N) is 1. The number of hydrogen-bond acceptors (Lipinski definition) is 4. The van der Waals surface area contributed by atoms with Gasteiger partial charge in [-0.15, -0.1) is 0 Å². The number of unbranched alkanes of at least 4 members (excludes halogenated alkanes) is 21. The van der Waals surface area contributed by atoms with Crippen molar-refractivity contribution in [3.63, 3.8) is 0 Å². The van der Waals surface area contributed by atoms with Gasteiger partial charge in [-0.1, -0.05) is 148 Å². The SMILES string of the molecule is CCCCCCCCC/C=C/CCCC(O)C(O)C(CO)NC(=O)CCCCCCCCCCCCCCCC. The number of carbonyl (C=O) groups is 1. The van der Waals surface area contributed by atoms with Crippen LogP contribution in [0.15, 0.2) is 12.2 Å². The molecule has 1 amide bonds. The third-order valence-corrected chi connectivity index (χ3v) is 8.12. The van der Waals surface area contributed by atoms with Crippen molar-refractivity contribution >= 4 is 5.91 Å². The maximum atomic E-state index is 12.3. The van der Waals surface area contributed by atoms with Gasteiger partial charge in [0.2, 0.25) is 5.91 Å². The van der Waals surface area contributed by atoms with E-state index in [1.54, 1.807) is 0 Å². The summed E-state index contributed by atoms with van der Waals surface area (Å²) in [4.78, 5) is 12.3. The van der Waals surface area contributed by atoms with Crippen LogP contribution in [-0.2, 0) is 4.79 Å². The van der Waals surface area contributed by atoms with E-state index in [9.17, 15) is 20.1 Å². The second-order valence-corrected chi connectivity index (χ2v) is 12.1. The third-order valence-electron chi connectivity index (χ3n) is 8.12. The minimum atomic E-state index is -1.15. The van der Waals surface area contributed by atoms with E-state index in [-0.39, 0.29) is 12.5 Å². The van der Waals surface area contributed by atoms with Crippen LogP contribution in [-0.4, -0.2) is 46.1 Å². The molecule has 0 saturated carbocycles. The Morgan fingerprint density at radius 1 is 0.600 bits per heavy atom. The molecule has 0 saturated heterocycles. The first-order valence-corrected chi connectivity index (χ1v) is 17.5. The topological polar surface area (TPSA) is 89.8 Å². The molecule has 4 N–H and O–H groups in total. The van der Waals surface area contributed by atoms with E-state index in [0.717, 1.165) is 38.5 Å². The molecule has 0 aromatic heterocycles. The molecule has 0 heterocycles. The van der Waals surface area contributed by atoms with Gasteiger partial charge in [0.05, 0.1) is 18.8 Å². The zero-order valence-electron chi connectivity index (χ0n) is 26.7. The number of carbonyl (C=O) groups excluding carboxylic acids is 1. The number of rotatable bonds is 31. The molecule has 3 atom stereocenters. The molecule has 5 heteroatoms. The standard InChI is InChI=1S/C35H69NO4/c1-3-5-7-9-11-13-15-17-18-20-22-24-26-28-30-34(39)36-32(31-37)35(40)33(38)29-27-25-23-21-19-16-14-12-10-8-6-4-2/h21,23,32-33,35,37-38,40H,3-20,22,24-31H2,1-2H3,(H,36,39)/b23-21+. The summed E-state index contributed by atoms with van der Waals surface area (Å²) >= 11 is 0. The van der Waals surface area contributed by atoms with Crippen molar-refractivity contribution in [2.75, 3.05) is 6.61 Å². The molecule has 3 unspecified atom stereocenters. The molecule has 0 aliphatic rings. The second kappa shape index (κ2) is 31.0. The van der Waals surface area contributed by atoms with Crippen molar-refractivity contribution in [2.24, 2.45) is 0 Å². The van der Waals surface area contributed by atoms with Gasteiger partial charge in [0.25, 0.3) is 0 Å². The van der Waals surface area contributed by atoms with Crippen molar-refractivity contribution < 1.29 is 20.1 Å². The number of allylic oxidation sites excluding steroid dienone is 2. The van der Waals surface area contributed by atoms with Crippen LogP contribution in [0.25, 0.3) is 0 Å². The molecule has 0 aliphatic carbocycles. The summed E-state index contributed by atoms with van der Waals surface area (Å²) in [6.07, 6.45) is 33.0. The number of aliphatic hydroxyl groups excluding tert-OH is 3. The minimum Gasteiger partial charge on any atom is -0.394 e. The van der Waals surface area contributed by atoms with E-state index >= 15 is 0 Å². The van der Waals surface area contributed by atoms with Crippen LogP contribution in [0.1, 0.15) is 181 Å². The number of amides is 1. The zero-order chi connectivity index (χ0) is 29.5. The highest BCUT2D eigenvalue weighted by Gasteiger charge is 2.26. The summed E-state index contributed by atoms with van der Waals surface area (Å²) in [5.74, 6) is -0.155. The molecule has 0 bridgehead atoms. The maximum Gasteiger partial charge on any atom is 0.220 e. The van der Waals surface area contributed by atoms with E-state index in [4.69, 9.17) is 0 Å². The molecule has 0 aliphatic heterocycles. The molecule has 5 nitrogen and oxygen atoms in total. The Bertz CT molecular complexity index is 554. The van der Waals surface area contributed by atoms with Crippen molar-refractivity contribution in [1.82, 2.24) is 5.32 Å². The van der Waals surface area contributed by atoms with Crippen molar-refractivity contribution in [2.45, 2.75) is 199 Å². The molecule has 0 aromatic carbocycles. The summed E-state index contributed by atoms with van der Waals surface area (Å²) in [6.45, 7) is 4.14. The monoisotopic (exact) mass is 568 g/mol. The highest BCUT2D eigenvalue weighted by atomic mass is 16.3. The van der Waals surface area contributed by atoms with Crippen molar-refractivity contribution in [3.05, 3.63) is 12.2 Å². The Balaban J connectivity index is 3.74. The molecule has 0 radical (unpaired) electrons. The van der Waals surface area contributed by atoms with Crippen molar-refractivity contribution in [3.8, 4) is 0 Å². The fourth-order valence-electron chi connectivity index (χ4n) is 5.34. The molecular weight excluding hydrogens is 498 g/mol. The number of aliphatic hydroxyl groups is 3. The Labute approximate surface area is 249 Å². The molecule has 0 rings (SSSR count).